The first kappa shape index (κ1) is 23.0. The first-order chi connectivity index (χ1) is 12.2. The van der Waals surface area contributed by atoms with Crippen molar-refractivity contribution >= 4 is 47.5 Å². The van der Waals surface area contributed by atoms with Crippen LogP contribution in [0.2, 0.25) is 5.02 Å². The first-order valence-corrected chi connectivity index (χ1v) is 9.38. The molecule has 0 aliphatic carbocycles. The van der Waals surface area contributed by atoms with Crippen molar-refractivity contribution in [1.29, 1.82) is 0 Å². The zero-order valence-corrected chi connectivity index (χ0v) is 18.6. The highest BCUT2D eigenvalue weighted by atomic mass is 127. The normalized spacial score (nSPS) is 15.3. The monoisotopic (exact) mass is 493 g/mol. The van der Waals surface area contributed by atoms with Gasteiger partial charge in [0.05, 0.1) is 13.0 Å². The van der Waals surface area contributed by atoms with E-state index in [1.807, 2.05) is 18.2 Å². The fraction of sp³-hybridized carbons (Fsp3) is 0.579. The molecule has 1 saturated heterocycles. The minimum Gasteiger partial charge on any atom is -0.469 e. The summed E-state index contributed by atoms with van der Waals surface area (Å²) >= 11 is 6.19. The van der Waals surface area contributed by atoms with Crippen LogP contribution in [0.3, 0.4) is 0 Å². The van der Waals surface area contributed by atoms with E-state index in [0.717, 1.165) is 62.8 Å². The quantitative estimate of drug-likeness (QED) is 0.216. The Morgan fingerprint density at radius 3 is 2.65 bits per heavy atom. The molecule has 1 heterocycles. The number of carbonyl (C=O) groups is 1. The van der Waals surface area contributed by atoms with E-state index in [1.54, 1.807) is 0 Å². The van der Waals surface area contributed by atoms with Crippen LogP contribution in [-0.2, 0) is 16.0 Å². The minimum absolute atomic E-state index is 0. The fourth-order valence-electron chi connectivity index (χ4n) is 3.08. The van der Waals surface area contributed by atoms with Crippen LogP contribution in [-0.4, -0.2) is 50.1 Å². The van der Waals surface area contributed by atoms with Crippen LogP contribution < -0.4 is 5.32 Å². The average molecular weight is 494 g/mol. The maximum Gasteiger partial charge on any atom is 0.308 e. The summed E-state index contributed by atoms with van der Waals surface area (Å²) in [4.78, 5) is 18.6. The zero-order valence-electron chi connectivity index (χ0n) is 15.5. The Morgan fingerprint density at radius 1 is 1.35 bits per heavy atom. The van der Waals surface area contributed by atoms with Gasteiger partial charge in [0, 0.05) is 31.2 Å². The molecule has 1 aromatic carbocycles. The van der Waals surface area contributed by atoms with E-state index in [-0.39, 0.29) is 35.9 Å². The molecular formula is C19H29ClIN3O2. The van der Waals surface area contributed by atoms with E-state index in [9.17, 15) is 4.79 Å². The lowest BCUT2D eigenvalue weighted by atomic mass is 9.97. The van der Waals surface area contributed by atoms with E-state index in [1.165, 1.54) is 12.7 Å². The van der Waals surface area contributed by atoms with Crippen LogP contribution in [0.4, 0.5) is 0 Å². The second-order valence-electron chi connectivity index (χ2n) is 6.22. The number of ether oxygens (including phenoxy) is 1. The number of guanidine groups is 1. The second kappa shape index (κ2) is 12.4. The highest BCUT2D eigenvalue weighted by Crippen LogP contribution is 2.19. The summed E-state index contributed by atoms with van der Waals surface area (Å²) in [7, 11) is 1.46. The fourth-order valence-corrected chi connectivity index (χ4v) is 3.31. The predicted molar refractivity (Wildman–Crippen MR) is 117 cm³/mol. The van der Waals surface area contributed by atoms with Crippen LogP contribution in [0.5, 0.6) is 0 Å². The predicted octanol–water partition coefficient (Wildman–Crippen LogP) is 3.74. The van der Waals surface area contributed by atoms with Gasteiger partial charge >= 0.3 is 5.97 Å². The number of halogens is 2. The van der Waals surface area contributed by atoms with E-state index < -0.39 is 0 Å². The number of nitrogens with zero attached hydrogens (tertiary/aromatic N) is 2. The Balaban J connectivity index is 0.00000338. The molecule has 0 amide bonds. The number of carbonyl (C=O) groups excluding carboxylic acids is 1. The van der Waals surface area contributed by atoms with Gasteiger partial charge in [-0.3, -0.25) is 9.79 Å². The Bertz CT molecular complexity index is 590. The maximum absolute atomic E-state index is 11.6. The van der Waals surface area contributed by atoms with Gasteiger partial charge in [-0.2, -0.15) is 0 Å². The molecule has 0 spiro atoms. The van der Waals surface area contributed by atoms with Gasteiger partial charge in [0.1, 0.15) is 0 Å². The Labute approximate surface area is 178 Å². The van der Waals surface area contributed by atoms with E-state index >= 15 is 0 Å². The van der Waals surface area contributed by atoms with Crippen LogP contribution in [0, 0.1) is 5.92 Å². The zero-order chi connectivity index (χ0) is 18.1. The summed E-state index contributed by atoms with van der Waals surface area (Å²) in [6.07, 6.45) is 3.51. The molecule has 1 aromatic rings. The van der Waals surface area contributed by atoms with Crippen molar-refractivity contribution in [1.82, 2.24) is 10.2 Å². The third-order valence-electron chi connectivity index (χ3n) is 4.49. The number of benzene rings is 1. The molecule has 0 atom stereocenters. The van der Waals surface area contributed by atoms with Gasteiger partial charge in [0.25, 0.3) is 0 Å². The summed E-state index contributed by atoms with van der Waals surface area (Å²) in [5, 5.41) is 4.18. The molecule has 0 unspecified atom stereocenters. The SMILES string of the molecule is CCNC(=NCCCc1ccccc1Cl)N1CCC(C(=O)OC)CC1.I. The van der Waals surface area contributed by atoms with Crippen LogP contribution in [0.15, 0.2) is 29.3 Å². The molecule has 0 bridgehead atoms. The Kier molecular flexibility index (Phi) is 11.0. The largest absolute Gasteiger partial charge is 0.469 e. The van der Waals surface area contributed by atoms with E-state index in [2.05, 4.69) is 23.2 Å². The number of hydrogen-bond donors (Lipinski definition) is 1. The molecular weight excluding hydrogens is 465 g/mol. The Hall–Kier alpha value is -1.02. The van der Waals surface area contributed by atoms with Crippen molar-refractivity contribution in [2.75, 3.05) is 33.3 Å². The molecule has 26 heavy (non-hydrogen) atoms. The van der Waals surface area contributed by atoms with Crippen molar-refractivity contribution in [3.05, 3.63) is 34.9 Å². The van der Waals surface area contributed by atoms with Gasteiger partial charge in [-0.1, -0.05) is 29.8 Å². The van der Waals surface area contributed by atoms with Gasteiger partial charge in [-0.05, 0) is 44.2 Å². The molecule has 146 valence electrons. The molecule has 0 aromatic heterocycles. The van der Waals surface area contributed by atoms with Crippen molar-refractivity contribution in [2.45, 2.75) is 32.6 Å². The third-order valence-corrected chi connectivity index (χ3v) is 4.86. The van der Waals surface area contributed by atoms with Crippen LogP contribution >= 0.6 is 35.6 Å². The van der Waals surface area contributed by atoms with Gasteiger partial charge in [0.15, 0.2) is 5.96 Å². The number of piperidine rings is 1. The van der Waals surface area contributed by atoms with Crippen molar-refractivity contribution < 1.29 is 9.53 Å². The summed E-state index contributed by atoms with van der Waals surface area (Å²) in [6, 6.07) is 7.95. The molecule has 1 aliphatic heterocycles. The number of aryl methyl sites for hydroxylation is 1. The second-order valence-corrected chi connectivity index (χ2v) is 6.62. The number of aliphatic imine (C=N–C) groups is 1. The lowest BCUT2D eigenvalue weighted by Gasteiger charge is -2.33. The molecule has 1 aliphatic rings. The summed E-state index contributed by atoms with van der Waals surface area (Å²) in [5.41, 5.74) is 1.17. The summed E-state index contributed by atoms with van der Waals surface area (Å²) in [5.74, 6) is 0.857. The lowest BCUT2D eigenvalue weighted by Crippen LogP contribution is -2.46. The molecule has 2 rings (SSSR count). The number of hydrogen-bond acceptors (Lipinski definition) is 3. The van der Waals surface area contributed by atoms with Crippen LogP contribution in [0.1, 0.15) is 31.7 Å². The highest BCUT2D eigenvalue weighted by molar-refractivity contribution is 14.0. The smallest absolute Gasteiger partial charge is 0.308 e. The summed E-state index contributed by atoms with van der Waals surface area (Å²) < 4.78 is 4.85. The molecule has 0 saturated carbocycles. The minimum atomic E-state index is -0.0960. The number of methoxy groups -OCH3 is 1. The van der Waals surface area contributed by atoms with Crippen LogP contribution in [0.25, 0.3) is 0 Å². The van der Waals surface area contributed by atoms with Gasteiger partial charge in [0.2, 0.25) is 0 Å². The van der Waals surface area contributed by atoms with Crippen molar-refractivity contribution in [3.8, 4) is 0 Å². The average Bonchev–Trinajstić information content (AvgIpc) is 2.65. The number of nitrogens with one attached hydrogen (secondary N) is 1. The first-order valence-electron chi connectivity index (χ1n) is 9.00. The lowest BCUT2D eigenvalue weighted by molar-refractivity contribution is -0.146. The third kappa shape index (κ3) is 6.95. The van der Waals surface area contributed by atoms with E-state index in [4.69, 9.17) is 21.3 Å². The highest BCUT2D eigenvalue weighted by Gasteiger charge is 2.26. The molecule has 1 fully saturated rings. The van der Waals surface area contributed by atoms with Gasteiger partial charge in [-0.15, -0.1) is 24.0 Å². The van der Waals surface area contributed by atoms with Gasteiger partial charge < -0.3 is 15.0 Å². The molecule has 1 N–H and O–H groups in total. The Morgan fingerprint density at radius 2 is 2.04 bits per heavy atom. The molecule has 7 heteroatoms. The molecule has 5 nitrogen and oxygen atoms in total. The number of rotatable bonds is 6. The number of esters is 1. The van der Waals surface area contributed by atoms with E-state index in [0.29, 0.717) is 0 Å². The number of likely N-dealkylation sites (tertiary alicyclic amines) is 1. The van der Waals surface area contributed by atoms with Crippen molar-refractivity contribution in [3.63, 3.8) is 0 Å². The summed E-state index contributed by atoms with van der Waals surface area (Å²) in [6.45, 7) is 5.32. The van der Waals surface area contributed by atoms with Gasteiger partial charge in [-0.25, -0.2) is 0 Å². The van der Waals surface area contributed by atoms with Crippen molar-refractivity contribution in [2.24, 2.45) is 10.9 Å². The standard InChI is InChI=1S/C19H28ClN3O2.HI/c1-3-21-19(23-13-10-16(11-14-23)18(24)25-2)22-12-6-8-15-7-4-5-9-17(15)20;/h4-5,7,9,16H,3,6,8,10-14H2,1-2H3,(H,21,22);1H. The topological polar surface area (TPSA) is 53.9 Å². The maximum atomic E-state index is 11.6. The molecule has 0 radical (unpaired) electrons.